The lowest BCUT2D eigenvalue weighted by Crippen LogP contribution is -2.22. The predicted molar refractivity (Wildman–Crippen MR) is 87.9 cm³/mol. The number of likely N-dealkylation sites (N-methyl/N-ethyl adjacent to an activating group) is 1. The summed E-state index contributed by atoms with van der Waals surface area (Å²) < 4.78 is 5.69. The van der Waals surface area contributed by atoms with Crippen molar-refractivity contribution < 1.29 is 4.42 Å². The highest BCUT2D eigenvalue weighted by Gasteiger charge is 2.18. The minimum Gasteiger partial charge on any atom is -0.464 e. The molecule has 0 aliphatic heterocycles. The van der Waals surface area contributed by atoms with E-state index in [1.165, 1.54) is 20.8 Å². The molecule has 0 bridgehead atoms. The minimum atomic E-state index is 0.239. The Morgan fingerprint density at radius 3 is 2.81 bits per heavy atom. The monoisotopic (exact) mass is 300 g/mol. The van der Waals surface area contributed by atoms with E-state index in [1.807, 2.05) is 18.4 Å². The first-order valence-electron chi connectivity index (χ1n) is 7.31. The molecule has 3 nitrogen and oxygen atoms in total. The Morgan fingerprint density at radius 2 is 2.10 bits per heavy atom. The second-order valence-electron chi connectivity index (χ2n) is 5.25. The number of thiazole rings is 1. The molecule has 2 aromatic heterocycles. The fourth-order valence-electron chi connectivity index (χ4n) is 2.61. The lowest BCUT2D eigenvalue weighted by Gasteiger charge is -2.15. The number of hydrogen-bond acceptors (Lipinski definition) is 4. The zero-order valence-corrected chi connectivity index (χ0v) is 13.5. The van der Waals surface area contributed by atoms with Crippen LogP contribution in [0.4, 0.5) is 0 Å². The van der Waals surface area contributed by atoms with Gasteiger partial charge in [-0.15, -0.1) is 11.3 Å². The lowest BCUT2D eigenvalue weighted by atomic mass is 10.0. The topological polar surface area (TPSA) is 38.1 Å². The summed E-state index contributed by atoms with van der Waals surface area (Å²) in [5.74, 6) is 0. The Balaban J connectivity index is 1.94. The third-order valence-electron chi connectivity index (χ3n) is 3.79. The summed E-state index contributed by atoms with van der Waals surface area (Å²) in [5.41, 5.74) is 3.31. The molecule has 0 fully saturated rings. The van der Waals surface area contributed by atoms with Crippen LogP contribution in [0.2, 0.25) is 0 Å². The van der Waals surface area contributed by atoms with Gasteiger partial charge in [-0.3, -0.25) is 0 Å². The Labute approximate surface area is 129 Å². The molecular weight excluding hydrogens is 280 g/mol. The number of aromatic nitrogens is 1. The van der Waals surface area contributed by atoms with Crippen molar-refractivity contribution >= 4 is 22.3 Å². The zero-order valence-electron chi connectivity index (χ0n) is 12.6. The van der Waals surface area contributed by atoms with Crippen LogP contribution >= 0.6 is 11.3 Å². The smallest absolute Gasteiger partial charge is 0.134 e. The van der Waals surface area contributed by atoms with Gasteiger partial charge in [0.1, 0.15) is 5.58 Å². The van der Waals surface area contributed by atoms with Crippen LogP contribution in [0.25, 0.3) is 11.0 Å². The fourth-order valence-corrected chi connectivity index (χ4v) is 3.59. The van der Waals surface area contributed by atoms with Gasteiger partial charge in [-0.2, -0.15) is 0 Å². The molecule has 1 aromatic carbocycles. The predicted octanol–water partition coefficient (Wildman–Crippen LogP) is 4.40. The van der Waals surface area contributed by atoms with Crippen LogP contribution in [0.15, 0.2) is 34.9 Å². The summed E-state index contributed by atoms with van der Waals surface area (Å²) in [6.07, 6.45) is 2.78. The van der Waals surface area contributed by atoms with Crippen molar-refractivity contribution in [1.82, 2.24) is 10.3 Å². The summed E-state index contributed by atoms with van der Waals surface area (Å²) in [6, 6.07) is 8.44. The molecule has 0 spiro atoms. The Morgan fingerprint density at radius 1 is 1.29 bits per heavy atom. The summed E-state index contributed by atoms with van der Waals surface area (Å²) in [7, 11) is 0. The van der Waals surface area contributed by atoms with Gasteiger partial charge in [0, 0.05) is 28.3 Å². The number of rotatable bonds is 5. The van der Waals surface area contributed by atoms with E-state index in [2.05, 4.69) is 43.2 Å². The molecule has 21 heavy (non-hydrogen) atoms. The van der Waals surface area contributed by atoms with Crippen molar-refractivity contribution in [3.8, 4) is 0 Å². The van der Waals surface area contributed by atoms with E-state index in [0.29, 0.717) is 0 Å². The van der Waals surface area contributed by atoms with Crippen molar-refractivity contribution in [2.24, 2.45) is 0 Å². The quantitative estimate of drug-likeness (QED) is 0.759. The number of nitrogens with one attached hydrogen (secondary N) is 1. The Hall–Kier alpha value is -1.65. The van der Waals surface area contributed by atoms with E-state index in [-0.39, 0.29) is 6.04 Å². The Bertz CT molecular complexity index is 725. The standard InChI is InChI=1S/C17H20N2OS/c1-4-18-15(9-17-19-11(2)12(3)21-17)14-10-20-16-8-6-5-7-13(14)16/h5-8,10,15,18H,4,9H2,1-3H3. The van der Waals surface area contributed by atoms with Gasteiger partial charge in [0.25, 0.3) is 0 Å². The fraction of sp³-hybridized carbons (Fsp3) is 0.353. The van der Waals surface area contributed by atoms with Gasteiger partial charge in [0.2, 0.25) is 0 Å². The van der Waals surface area contributed by atoms with Crippen LogP contribution in [0, 0.1) is 13.8 Å². The highest BCUT2D eigenvalue weighted by molar-refractivity contribution is 7.11. The normalized spacial score (nSPS) is 12.9. The largest absolute Gasteiger partial charge is 0.464 e. The summed E-state index contributed by atoms with van der Waals surface area (Å²) >= 11 is 1.79. The molecule has 0 saturated carbocycles. The van der Waals surface area contributed by atoms with E-state index in [0.717, 1.165) is 24.2 Å². The van der Waals surface area contributed by atoms with Gasteiger partial charge >= 0.3 is 0 Å². The second kappa shape index (κ2) is 6.00. The maximum Gasteiger partial charge on any atom is 0.134 e. The molecule has 0 radical (unpaired) electrons. The summed E-state index contributed by atoms with van der Waals surface area (Å²) in [5, 5.41) is 5.93. The molecular formula is C17H20N2OS. The zero-order chi connectivity index (χ0) is 14.8. The van der Waals surface area contributed by atoms with Gasteiger partial charge in [0.15, 0.2) is 0 Å². The first-order chi connectivity index (χ1) is 10.2. The molecule has 0 aliphatic rings. The maximum absolute atomic E-state index is 5.69. The van der Waals surface area contributed by atoms with E-state index in [9.17, 15) is 0 Å². The minimum absolute atomic E-state index is 0.239. The average molecular weight is 300 g/mol. The molecule has 0 amide bonds. The molecule has 3 aromatic rings. The number of para-hydroxylation sites is 1. The van der Waals surface area contributed by atoms with E-state index in [1.54, 1.807) is 11.3 Å². The average Bonchev–Trinajstić information content (AvgIpc) is 3.03. The van der Waals surface area contributed by atoms with Gasteiger partial charge < -0.3 is 9.73 Å². The van der Waals surface area contributed by atoms with Crippen molar-refractivity contribution in [2.75, 3.05) is 6.54 Å². The SMILES string of the molecule is CCNC(Cc1nc(C)c(C)s1)c1coc2ccccc12. The van der Waals surface area contributed by atoms with Crippen LogP contribution in [-0.4, -0.2) is 11.5 Å². The van der Waals surface area contributed by atoms with Crippen LogP contribution in [0.1, 0.15) is 34.1 Å². The molecule has 0 saturated heterocycles. The lowest BCUT2D eigenvalue weighted by molar-refractivity contribution is 0.534. The summed E-state index contributed by atoms with van der Waals surface area (Å²) in [6.45, 7) is 7.26. The first kappa shape index (κ1) is 14.3. The van der Waals surface area contributed by atoms with Gasteiger partial charge in [-0.25, -0.2) is 4.98 Å². The number of nitrogens with zero attached hydrogens (tertiary/aromatic N) is 1. The van der Waals surface area contributed by atoms with Crippen molar-refractivity contribution in [1.29, 1.82) is 0 Å². The highest BCUT2D eigenvalue weighted by Crippen LogP contribution is 2.30. The molecule has 1 atom stereocenters. The van der Waals surface area contributed by atoms with E-state index >= 15 is 0 Å². The maximum atomic E-state index is 5.69. The number of hydrogen-bond donors (Lipinski definition) is 1. The summed E-state index contributed by atoms with van der Waals surface area (Å²) in [4.78, 5) is 5.97. The first-order valence-corrected chi connectivity index (χ1v) is 8.13. The van der Waals surface area contributed by atoms with Crippen molar-refractivity contribution in [2.45, 2.75) is 33.2 Å². The number of benzene rings is 1. The van der Waals surface area contributed by atoms with Crippen LogP contribution in [0.5, 0.6) is 0 Å². The molecule has 1 unspecified atom stereocenters. The van der Waals surface area contributed by atoms with Crippen molar-refractivity contribution in [3.63, 3.8) is 0 Å². The Kier molecular flexibility index (Phi) is 4.08. The number of fused-ring (bicyclic) bond motifs is 1. The molecule has 1 N–H and O–H groups in total. The van der Waals surface area contributed by atoms with Crippen LogP contribution in [-0.2, 0) is 6.42 Å². The van der Waals surface area contributed by atoms with Crippen LogP contribution < -0.4 is 5.32 Å². The van der Waals surface area contributed by atoms with Gasteiger partial charge in [0.05, 0.1) is 17.0 Å². The number of aryl methyl sites for hydroxylation is 2. The third-order valence-corrected chi connectivity index (χ3v) is 4.88. The highest BCUT2D eigenvalue weighted by atomic mass is 32.1. The van der Waals surface area contributed by atoms with E-state index < -0.39 is 0 Å². The molecule has 110 valence electrons. The number of furan rings is 1. The van der Waals surface area contributed by atoms with Gasteiger partial charge in [-0.1, -0.05) is 25.1 Å². The molecule has 0 aliphatic carbocycles. The van der Waals surface area contributed by atoms with Crippen LogP contribution in [0.3, 0.4) is 0 Å². The second-order valence-corrected chi connectivity index (χ2v) is 6.54. The van der Waals surface area contributed by atoms with Gasteiger partial charge in [-0.05, 0) is 26.5 Å². The van der Waals surface area contributed by atoms with E-state index in [4.69, 9.17) is 4.42 Å². The van der Waals surface area contributed by atoms with Crippen molar-refractivity contribution in [3.05, 3.63) is 51.7 Å². The molecule has 2 heterocycles. The molecule has 4 heteroatoms. The third kappa shape index (κ3) is 2.87. The molecule has 3 rings (SSSR count).